The molecule has 2 N–H and O–H groups in total. The number of hydrogen-bond donors (Lipinski definition) is 2. The van der Waals surface area contributed by atoms with E-state index in [1.807, 2.05) is 31.3 Å². The number of H-pyrrole nitrogens is 1. The zero-order valence-corrected chi connectivity index (χ0v) is 12.7. The van der Waals surface area contributed by atoms with Crippen molar-refractivity contribution in [3.63, 3.8) is 0 Å². The van der Waals surface area contributed by atoms with Crippen molar-refractivity contribution in [2.75, 3.05) is 6.61 Å². The molecule has 22 heavy (non-hydrogen) atoms. The summed E-state index contributed by atoms with van der Waals surface area (Å²) in [5.74, 6) is 0.634. The summed E-state index contributed by atoms with van der Waals surface area (Å²) >= 11 is 0. The fourth-order valence-electron chi connectivity index (χ4n) is 3.14. The molecule has 118 valence electrons. The zero-order chi connectivity index (χ0) is 15.5. The number of carbonyl (C=O) groups is 1. The van der Waals surface area contributed by atoms with E-state index in [0.29, 0.717) is 13.0 Å². The van der Waals surface area contributed by atoms with Crippen LogP contribution in [0.4, 0.5) is 4.39 Å². The first-order chi connectivity index (χ1) is 10.7. The average molecular weight is 304 g/mol. The molecule has 0 spiro atoms. The maximum Gasteiger partial charge on any atom is 0.224 e. The van der Waals surface area contributed by atoms with Crippen molar-refractivity contribution in [1.82, 2.24) is 10.3 Å². The predicted octanol–water partition coefficient (Wildman–Crippen LogP) is 3.12. The van der Waals surface area contributed by atoms with Crippen LogP contribution in [0.2, 0.25) is 0 Å². The van der Waals surface area contributed by atoms with Gasteiger partial charge in [0.15, 0.2) is 0 Å². The number of ether oxygens (including phenoxy) is 1. The van der Waals surface area contributed by atoms with Gasteiger partial charge in [0.05, 0.1) is 19.1 Å². The Morgan fingerprint density at radius 2 is 2.32 bits per heavy atom. The molecule has 0 saturated heterocycles. The van der Waals surface area contributed by atoms with Gasteiger partial charge in [-0.1, -0.05) is 6.07 Å². The highest BCUT2D eigenvalue weighted by Gasteiger charge is 2.28. The minimum Gasteiger partial charge on any atom is -0.493 e. The Morgan fingerprint density at radius 1 is 1.45 bits per heavy atom. The molecule has 1 aromatic carbocycles. The van der Waals surface area contributed by atoms with Gasteiger partial charge in [-0.25, -0.2) is 4.39 Å². The lowest BCUT2D eigenvalue weighted by molar-refractivity contribution is -0.121. The summed E-state index contributed by atoms with van der Waals surface area (Å²) in [6.45, 7) is 2.50. The van der Waals surface area contributed by atoms with Crippen LogP contribution in [-0.2, 0) is 11.2 Å². The quantitative estimate of drug-likeness (QED) is 0.891. The van der Waals surface area contributed by atoms with E-state index in [1.165, 1.54) is 0 Å². The van der Waals surface area contributed by atoms with Gasteiger partial charge in [-0.05, 0) is 43.9 Å². The molecule has 1 amide bonds. The lowest BCUT2D eigenvalue weighted by atomic mass is 10.1. The number of alkyl halides is 1. The molecule has 1 saturated carbocycles. The number of benzene rings is 1. The van der Waals surface area contributed by atoms with E-state index in [4.69, 9.17) is 4.74 Å². The maximum absolute atomic E-state index is 13.6. The van der Waals surface area contributed by atoms with Crippen LogP contribution < -0.4 is 10.1 Å². The van der Waals surface area contributed by atoms with E-state index < -0.39 is 6.17 Å². The summed E-state index contributed by atoms with van der Waals surface area (Å²) in [7, 11) is 0. The van der Waals surface area contributed by atoms with Crippen molar-refractivity contribution in [2.24, 2.45) is 0 Å². The van der Waals surface area contributed by atoms with Crippen LogP contribution >= 0.6 is 0 Å². The minimum atomic E-state index is -0.911. The number of carbonyl (C=O) groups excluding carboxylic acids is 1. The summed E-state index contributed by atoms with van der Waals surface area (Å²) in [6.07, 6.45) is 3.26. The molecule has 0 aliphatic heterocycles. The third-order valence-corrected chi connectivity index (χ3v) is 4.18. The third kappa shape index (κ3) is 2.93. The van der Waals surface area contributed by atoms with Crippen molar-refractivity contribution in [1.29, 1.82) is 0 Å². The van der Waals surface area contributed by atoms with Crippen molar-refractivity contribution in [3.05, 3.63) is 30.0 Å². The molecule has 0 bridgehead atoms. The summed E-state index contributed by atoms with van der Waals surface area (Å²) < 4.78 is 19.2. The summed E-state index contributed by atoms with van der Waals surface area (Å²) in [4.78, 5) is 15.4. The summed E-state index contributed by atoms with van der Waals surface area (Å²) in [5.41, 5.74) is 1.82. The Labute approximate surface area is 129 Å². The third-order valence-electron chi connectivity index (χ3n) is 4.18. The van der Waals surface area contributed by atoms with Gasteiger partial charge in [0.1, 0.15) is 11.9 Å². The van der Waals surface area contributed by atoms with Crippen molar-refractivity contribution in [3.8, 4) is 5.75 Å². The van der Waals surface area contributed by atoms with E-state index >= 15 is 0 Å². The van der Waals surface area contributed by atoms with Crippen LogP contribution in [0.25, 0.3) is 10.9 Å². The second-order valence-electron chi connectivity index (χ2n) is 5.72. The standard InChI is InChI=1S/C17H21FN2O2/c1-2-22-15-8-4-7-14-17(15)11(10-19-14)9-16(21)20-13-6-3-5-12(13)18/h4,7-8,10,12-13,19H,2-3,5-6,9H2,1H3,(H,20,21)/t12-,13+/m1/s1. The number of amides is 1. The highest BCUT2D eigenvalue weighted by atomic mass is 19.1. The van der Waals surface area contributed by atoms with E-state index in [0.717, 1.165) is 35.1 Å². The number of fused-ring (bicyclic) bond motifs is 1. The first-order valence-electron chi connectivity index (χ1n) is 7.84. The smallest absolute Gasteiger partial charge is 0.224 e. The van der Waals surface area contributed by atoms with Crippen molar-refractivity contribution < 1.29 is 13.9 Å². The molecule has 1 aromatic heterocycles. The lowest BCUT2D eigenvalue weighted by Crippen LogP contribution is -2.39. The van der Waals surface area contributed by atoms with E-state index in [9.17, 15) is 9.18 Å². The van der Waals surface area contributed by atoms with Crippen molar-refractivity contribution >= 4 is 16.8 Å². The fraction of sp³-hybridized carbons (Fsp3) is 0.471. The van der Waals surface area contributed by atoms with Gasteiger partial charge in [0.2, 0.25) is 5.91 Å². The fourth-order valence-corrected chi connectivity index (χ4v) is 3.14. The van der Waals surface area contributed by atoms with Crippen LogP contribution in [-0.4, -0.2) is 29.7 Å². The highest BCUT2D eigenvalue weighted by molar-refractivity contribution is 5.93. The van der Waals surface area contributed by atoms with E-state index in [1.54, 1.807) is 0 Å². The molecule has 4 nitrogen and oxygen atoms in total. The van der Waals surface area contributed by atoms with Gasteiger partial charge < -0.3 is 15.0 Å². The maximum atomic E-state index is 13.6. The zero-order valence-electron chi connectivity index (χ0n) is 12.7. The summed E-state index contributed by atoms with van der Waals surface area (Å²) in [5, 5.41) is 3.75. The van der Waals surface area contributed by atoms with Crippen LogP contribution in [0, 0.1) is 0 Å². The Morgan fingerprint density at radius 3 is 3.05 bits per heavy atom. The van der Waals surface area contributed by atoms with Crippen molar-refractivity contribution in [2.45, 2.75) is 44.8 Å². The minimum absolute atomic E-state index is 0.137. The van der Waals surface area contributed by atoms with E-state index in [-0.39, 0.29) is 18.4 Å². The second kappa shape index (κ2) is 6.38. The molecule has 5 heteroatoms. The van der Waals surface area contributed by atoms with Crippen LogP contribution in [0.15, 0.2) is 24.4 Å². The molecule has 1 aliphatic rings. The molecule has 0 unspecified atom stereocenters. The van der Waals surface area contributed by atoms with Gasteiger partial charge in [-0.3, -0.25) is 4.79 Å². The molecule has 2 aromatic rings. The first kappa shape index (κ1) is 14.9. The van der Waals surface area contributed by atoms with Gasteiger partial charge in [-0.2, -0.15) is 0 Å². The average Bonchev–Trinajstić information content (AvgIpc) is 3.08. The normalized spacial score (nSPS) is 21.2. The SMILES string of the molecule is CCOc1cccc2[nH]cc(CC(=O)N[C@H]3CCC[C@H]3F)c12. The Kier molecular flexibility index (Phi) is 4.32. The number of halogens is 1. The highest BCUT2D eigenvalue weighted by Crippen LogP contribution is 2.29. The molecule has 2 atom stereocenters. The summed E-state index contributed by atoms with van der Waals surface area (Å²) in [6, 6.07) is 5.44. The van der Waals surface area contributed by atoms with Gasteiger partial charge >= 0.3 is 0 Å². The largest absolute Gasteiger partial charge is 0.493 e. The number of hydrogen-bond acceptors (Lipinski definition) is 2. The number of aromatic nitrogens is 1. The first-order valence-corrected chi connectivity index (χ1v) is 7.84. The number of nitrogens with one attached hydrogen (secondary N) is 2. The lowest BCUT2D eigenvalue weighted by Gasteiger charge is -2.14. The Hall–Kier alpha value is -2.04. The van der Waals surface area contributed by atoms with E-state index in [2.05, 4.69) is 10.3 Å². The molecule has 0 radical (unpaired) electrons. The van der Waals surface area contributed by atoms with Gasteiger partial charge in [-0.15, -0.1) is 0 Å². The molecule has 1 fully saturated rings. The number of aromatic amines is 1. The Bertz CT molecular complexity index is 668. The predicted molar refractivity (Wildman–Crippen MR) is 83.8 cm³/mol. The topological polar surface area (TPSA) is 54.1 Å². The van der Waals surface area contributed by atoms with Crippen LogP contribution in [0.5, 0.6) is 5.75 Å². The monoisotopic (exact) mass is 304 g/mol. The molecule has 1 heterocycles. The number of rotatable bonds is 5. The van der Waals surface area contributed by atoms with Gasteiger partial charge in [0.25, 0.3) is 0 Å². The molecular formula is C17H21FN2O2. The molecule has 1 aliphatic carbocycles. The van der Waals surface area contributed by atoms with Crippen LogP contribution in [0.3, 0.4) is 0 Å². The Balaban J connectivity index is 1.77. The van der Waals surface area contributed by atoms with Gasteiger partial charge in [0, 0.05) is 17.1 Å². The molecule has 3 rings (SSSR count). The van der Waals surface area contributed by atoms with Crippen LogP contribution in [0.1, 0.15) is 31.7 Å². The molecular weight excluding hydrogens is 283 g/mol. The second-order valence-corrected chi connectivity index (χ2v) is 5.72.